The zero-order valence-electron chi connectivity index (χ0n) is 11.9. The Morgan fingerprint density at radius 2 is 1.84 bits per heavy atom. The lowest BCUT2D eigenvalue weighted by atomic mass is 10.1. The minimum Gasteiger partial charge on any atom is -0.366 e. The summed E-state index contributed by atoms with van der Waals surface area (Å²) in [6, 6.07) is 7.19. The van der Waals surface area contributed by atoms with Gasteiger partial charge >= 0.3 is 0 Å². The van der Waals surface area contributed by atoms with E-state index in [9.17, 15) is 4.79 Å². The van der Waals surface area contributed by atoms with Gasteiger partial charge in [0.25, 0.3) is 0 Å². The number of hydrogen-bond acceptors (Lipinski definition) is 2. The van der Waals surface area contributed by atoms with E-state index in [0.29, 0.717) is 12.1 Å². The Balaban J connectivity index is 2.58. The van der Waals surface area contributed by atoms with E-state index < -0.39 is 5.91 Å². The molecular formula is C14H22N4O. The van der Waals surface area contributed by atoms with Gasteiger partial charge in [0.1, 0.15) is 0 Å². The molecule has 104 valence electrons. The molecule has 0 radical (unpaired) electrons. The number of hydrogen-bond donors (Lipinski definition) is 3. The van der Waals surface area contributed by atoms with Crippen molar-refractivity contribution >= 4 is 11.9 Å². The van der Waals surface area contributed by atoms with E-state index in [2.05, 4.69) is 36.4 Å². The average Bonchev–Trinajstić information content (AvgIpc) is 2.33. The van der Waals surface area contributed by atoms with Gasteiger partial charge in [-0.25, -0.2) is 0 Å². The van der Waals surface area contributed by atoms with Gasteiger partial charge in [0, 0.05) is 24.7 Å². The van der Waals surface area contributed by atoms with Crippen molar-refractivity contribution in [2.45, 2.75) is 32.9 Å². The van der Waals surface area contributed by atoms with Crippen LogP contribution in [0.25, 0.3) is 0 Å². The number of guanidine groups is 1. The molecule has 4 N–H and O–H groups in total. The number of nitrogens with one attached hydrogen (secondary N) is 2. The zero-order chi connectivity index (χ0) is 14.5. The fourth-order valence-corrected chi connectivity index (χ4v) is 1.51. The molecule has 0 spiro atoms. The zero-order valence-corrected chi connectivity index (χ0v) is 11.9. The number of carbonyl (C=O) groups is 1. The maximum absolute atomic E-state index is 11.0. The van der Waals surface area contributed by atoms with E-state index in [4.69, 9.17) is 5.73 Å². The summed E-state index contributed by atoms with van der Waals surface area (Å²) in [6.45, 7) is 6.85. The number of primary amides is 1. The highest BCUT2D eigenvalue weighted by Gasteiger charge is 2.11. The largest absolute Gasteiger partial charge is 0.366 e. The van der Waals surface area contributed by atoms with Gasteiger partial charge < -0.3 is 16.4 Å². The third-order valence-corrected chi connectivity index (χ3v) is 2.42. The van der Waals surface area contributed by atoms with Crippen LogP contribution in [0.2, 0.25) is 0 Å². The quantitative estimate of drug-likeness (QED) is 0.566. The van der Waals surface area contributed by atoms with Crippen molar-refractivity contribution in [3.63, 3.8) is 0 Å². The van der Waals surface area contributed by atoms with Gasteiger partial charge in [-0.2, -0.15) is 0 Å². The van der Waals surface area contributed by atoms with E-state index >= 15 is 0 Å². The molecule has 0 atom stereocenters. The molecule has 0 unspecified atom stereocenters. The van der Waals surface area contributed by atoms with Crippen molar-refractivity contribution in [2.75, 3.05) is 7.05 Å². The second-order valence-electron chi connectivity index (χ2n) is 5.36. The van der Waals surface area contributed by atoms with Crippen LogP contribution in [0.15, 0.2) is 29.3 Å². The number of nitrogens with two attached hydrogens (primary N) is 1. The second kappa shape index (κ2) is 6.22. The van der Waals surface area contributed by atoms with Crippen molar-refractivity contribution in [1.82, 2.24) is 10.6 Å². The number of benzene rings is 1. The Morgan fingerprint density at radius 3 is 2.26 bits per heavy atom. The van der Waals surface area contributed by atoms with Crippen LogP contribution < -0.4 is 16.4 Å². The fourth-order valence-electron chi connectivity index (χ4n) is 1.51. The molecule has 0 aliphatic carbocycles. The van der Waals surface area contributed by atoms with Crippen molar-refractivity contribution < 1.29 is 4.79 Å². The van der Waals surface area contributed by atoms with Crippen LogP contribution in [0.4, 0.5) is 0 Å². The molecule has 0 aromatic heterocycles. The topological polar surface area (TPSA) is 79.5 Å². The Kier molecular flexibility index (Phi) is 4.92. The Bertz CT molecular complexity index is 457. The molecule has 0 saturated carbocycles. The second-order valence-corrected chi connectivity index (χ2v) is 5.36. The average molecular weight is 262 g/mol. The molecule has 1 aromatic rings. The van der Waals surface area contributed by atoms with Gasteiger partial charge in [0.2, 0.25) is 5.91 Å². The number of aliphatic imine (C=N–C) groups is 1. The highest BCUT2D eigenvalue weighted by atomic mass is 16.1. The molecule has 0 aliphatic rings. The number of carbonyl (C=O) groups excluding carboxylic acids is 1. The molecule has 0 heterocycles. The smallest absolute Gasteiger partial charge is 0.248 e. The lowest BCUT2D eigenvalue weighted by Crippen LogP contribution is -2.47. The lowest BCUT2D eigenvalue weighted by molar-refractivity contribution is 0.100. The predicted octanol–water partition coefficient (Wildman–Crippen LogP) is 1.25. The maximum Gasteiger partial charge on any atom is 0.248 e. The van der Waals surface area contributed by atoms with Crippen LogP contribution in [0, 0.1) is 0 Å². The molecule has 5 nitrogen and oxygen atoms in total. The van der Waals surface area contributed by atoms with E-state index in [1.807, 2.05) is 12.1 Å². The van der Waals surface area contributed by atoms with Crippen LogP contribution >= 0.6 is 0 Å². The first kappa shape index (κ1) is 15.0. The first-order chi connectivity index (χ1) is 8.81. The summed E-state index contributed by atoms with van der Waals surface area (Å²) in [4.78, 5) is 15.1. The third kappa shape index (κ3) is 5.42. The molecule has 0 bridgehead atoms. The van der Waals surface area contributed by atoms with Gasteiger partial charge in [-0.1, -0.05) is 12.1 Å². The number of nitrogens with zero attached hydrogens (tertiary/aromatic N) is 1. The number of rotatable bonds is 3. The van der Waals surface area contributed by atoms with Crippen LogP contribution in [-0.2, 0) is 6.54 Å². The van der Waals surface area contributed by atoms with E-state index in [-0.39, 0.29) is 5.54 Å². The van der Waals surface area contributed by atoms with Gasteiger partial charge in [-0.3, -0.25) is 9.79 Å². The molecule has 0 fully saturated rings. The maximum atomic E-state index is 11.0. The lowest BCUT2D eigenvalue weighted by Gasteiger charge is -2.23. The first-order valence-corrected chi connectivity index (χ1v) is 6.19. The minimum atomic E-state index is -0.412. The normalized spacial score (nSPS) is 12.1. The third-order valence-electron chi connectivity index (χ3n) is 2.42. The Hall–Kier alpha value is -2.04. The monoisotopic (exact) mass is 262 g/mol. The van der Waals surface area contributed by atoms with Gasteiger partial charge in [0.15, 0.2) is 5.96 Å². The Morgan fingerprint density at radius 1 is 1.26 bits per heavy atom. The van der Waals surface area contributed by atoms with Gasteiger partial charge in [0.05, 0.1) is 0 Å². The number of amides is 1. The highest BCUT2D eigenvalue weighted by molar-refractivity contribution is 5.92. The highest BCUT2D eigenvalue weighted by Crippen LogP contribution is 2.04. The summed E-state index contributed by atoms with van der Waals surface area (Å²) in [6.07, 6.45) is 0. The van der Waals surface area contributed by atoms with Crippen molar-refractivity contribution in [3.05, 3.63) is 35.4 Å². The minimum absolute atomic E-state index is 0.0440. The first-order valence-electron chi connectivity index (χ1n) is 6.19. The van der Waals surface area contributed by atoms with Crippen molar-refractivity contribution in [2.24, 2.45) is 10.7 Å². The summed E-state index contributed by atoms with van der Waals surface area (Å²) in [5.74, 6) is 0.330. The molecule has 1 rings (SSSR count). The van der Waals surface area contributed by atoms with Crippen molar-refractivity contribution in [3.8, 4) is 0 Å². The molecule has 1 amide bonds. The van der Waals surface area contributed by atoms with E-state index in [1.165, 1.54) is 0 Å². The van der Waals surface area contributed by atoms with Gasteiger partial charge in [-0.05, 0) is 38.5 Å². The standard InChI is InChI=1S/C14H22N4O/c1-14(2,3)18-13(16-4)17-9-10-5-7-11(8-6-10)12(15)19/h5-8H,9H2,1-4H3,(H2,15,19)(H2,16,17,18). The molecule has 5 heteroatoms. The van der Waals surface area contributed by atoms with E-state index in [0.717, 1.165) is 11.5 Å². The summed E-state index contributed by atoms with van der Waals surface area (Å²) < 4.78 is 0. The van der Waals surface area contributed by atoms with Crippen molar-refractivity contribution in [1.29, 1.82) is 0 Å². The van der Waals surface area contributed by atoms with Crippen LogP contribution in [0.5, 0.6) is 0 Å². The van der Waals surface area contributed by atoms with Gasteiger partial charge in [-0.15, -0.1) is 0 Å². The van der Waals surface area contributed by atoms with Crippen LogP contribution in [0.3, 0.4) is 0 Å². The molecule has 1 aromatic carbocycles. The summed E-state index contributed by atoms with van der Waals surface area (Å²) in [7, 11) is 1.73. The molecular weight excluding hydrogens is 240 g/mol. The summed E-state index contributed by atoms with van der Waals surface area (Å²) in [5.41, 5.74) is 6.72. The fraction of sp³-hybridized carbons (Fsp3) is 0.429. The van der Waals surface area contributed by atoms with Crippen LogP contribution in [-0.4, -0.2) is 24.5 Å². The van der Waals surface area contributed by atoms with E-state index in [1.54, 1.807) is 19.2 Å². The SMILES string of the molecule is CN=C(NCc1ccc(C(N)=O)cc1)NC(C)(C)C. The Labute approximate surface area is 114 Å². The molecule has 0 saturated heterocycles. The van der Waals surface area contributed by atoms with Crippen LogP contribution in [0.1, 0.15) is 36.7 Å². The molecule has 0 aliphatic heterocycles. The summed E-state index contributed by atoms with van der Waals surface area (Å²) in [5, 5.41) is 6.48. The molecule has 19 heavy (non-hydrogen) atoms. The predicted molar refractivity (Wildman–Crippen MR) is 78.0 cm³/mol. The summed E-state index contributed by atoms with van der Waals surface area (Å²) >= 11 is 0.